The van der Waals surface area contributed by atoms with Crippen LogP contribution in [0.15, 0.2) is 18.2 Å². The molecule has 1 aromatic carbocycles. The van der Waals surface area contributed by atoms with E-state index in [1.807, 2.05) is 0 Å². The first kappa shape index (κ1) is 16.6. The molecule has 0 spiro atoms. The fourth-order valence-corrected chi connectivity index (χ4v) is 2.00. The summed E-state index contributed by atoms with van der Waals surface area (Å²) in [6.45, 7) is 0.574. The first-order valence-corrected chi connectivity index (χ1v) is 6.47. The molecule has 0 amide bonds. The summed E-state index contributed by atoms with van der Waals surface area (Å²) in [7, 11) is 0. The van der Waals surface area contributed by atoms with Crippen molar-refractivity contribution in [3.63, 3.8) is 0 Å². The van der Waals surface area contributed by atoms with Crippen LogP contribution in [0.5, 0.6) is 0 Å². The second-order valence-electron chi connectivity index (χ2n) is 4.25. The van der Waals surface area contributed by atoms with E-state index >= 15 is 0 Å². The van der Waals surface area contributed by atoms with Crippen LogP contribution in [-0.2, 0) is 5.88 Å². The third kappa shape index (κ3) is 4.56. The number of hydrogen-bond donors (Lipinski definition) is 0. The van der Waals surface area contributed by atoms with Crippen LogP contribution in [0, 0.1) is 10.1 Å². The standard InChI is InChI=1S/C12H14ClF3N2O2/c1-2-5-17(8-12(14,15)16)10-4-3-9(7-13)6-11(10)18(19)20/h3-4,6H,2,5,7-8H2,1H3. The Morgan fingerprint density at radius 2 is 2.05 bits per heavy atom. The Morgan fingerprint density at radius 1 is 1.40 bits per heavy atom. The molecule has 0 atom stereocenters. The van der Waals surface area contributed by atoms with Crippen LogP contribution >= 0.6 is 11.6 Å². The summed E-state index contributed by atoms with van der Waals surface area (Å²) in [5, 5.41) is 11.0. The molecule has 0 saturated carbocycles. The molecule has 4 nitrogen and oxygen atoms in total. The predicted molar refractivity (Wildman–Crippen MR) is 71.2 cm³/mol. The van der Waals surface area contributed by atoms with E-state index in [1.165, 1.54) is 18.2 Å². The van der Waals surface area contributed by atoms with Gasteiger partial charge in [0.25, 0.3) is 5.69 Å². The lowest BCUT2D eigenvalue weighted by atomic mass is 10.1. The Kier molecular flexibility index (Phi) is 5.62. The zero-order chi connectivity index (χ0) is 15.3. The number of hydrogen-bond acceptors (Lipinski definition) is 3. The van der Waals surface area contributed by atoms with Crippen LogP contribution in [0.2, 0.25) is 0 Å². The molecule has 20 heavy (non-hydrogen) atoms. The molecule has 0 aromatic heterocycles. The van der Waals surface area contributed by atoms with Crippen LogP contribution < -0.4 is 4.90 Å². The first-order valence-electron chi connectivity index (χ1n) is 5.93. The molecular weight excluding hydrogens is 297 g/mol. The van der Waals surface area contributed by atoms with Gasteiger partial charge >= 0.3 is 6.18 Å². The molecule has 0 N–H and O–H groups in total. The zero-order valence-corrected chi connectivity index (χ0v) is 11.5. The molecule has 0 radical (unpaired) electrons. The van der Waals surface area contributed by atoms with E-state index in [9.17, 15) is 23.3 Å². The summed E-state index contributed by atoms with van der Waals surface area (Å²) < 4.78 is 37.7. The number of benzene rings is 1. The van der Waals surface area contributed by atoms with Gasteiger partial charge in [0, 0.05) is 18.5 Å². The van der Waals surface area contributed by atoms with Crippen LogP contribution in [0.1, 0.15) is 18.9 Å². The molecule has 1 aromatic rings. The average Bonchev–Trinajstić information content (AvgIpc) is 2.36. The molecule has 8 heteroatoms. The maximum Gasteiger partial charge on any atom is 0.405 e. The van der Waals surface area contributed by atoms with Gasteiger partial charge in [-0.05, 0) is 18.1 Å². The minimum Gasteiger partial charge on any atom is -0.357 e. The Balaban J connectivity index is 3.21. The van der Waals surface area contributed by atoms with Crippen LogP contribution in [0.25, 0.3) is 0 Å². The van der Waals surface area contributed by atoms with Crippen molar-refractivity contribution in [2.24, 2.45) is 0 Å². The molecule has 0 heterocycles. The molecule has 0 unspecified atom stereocenters. The lowest BCUT2D eigenvalue weighted by Gasteiger charge is -2.25. The summed E-state index contributed by atoms with van der Waals surface area (Å²) in [5.41, 5.74) is 0.0921. The lowest BCUT2D eigenvalue weighted by molar-refractivity contribution is -0.384. The molecule has 1 rings (SSSR count). The second-order valence-corrected chi connectivity index (χ2v) is 4.52. The van der Waals surface area contributed by atoms with Gasteiger partial charge in [0.15, 0.2) is 0 Å². The minimum atomic E-state index is -4.42. The van der Waals surface area contributed by atoms with E-state index < -0.39 is 17.6 Å². The van der Waals surface area contributed by atoms with Crippen molar-refractivity contribution in [1.29, 1.82) is 0 Å². The van der Waals surface area contributed by atoms with Crippen LogP contribution in [0.3, 0.4) is 0 Å². The Bertz CT molecular complexity index is 480. The average molecular weight is 311 g/mol. The van der Waals surface area contributed by atoms with E-state index in [0.717, 1.165) is 4.90 Å². The van der Waals surface area contributed by atoms with Crippen molar-refractivity contribution in [2.45, 2.75) is 25.4 Å². The van der Waals surface area contributed by atoms with Crippen molar-refractivity contribution in [3.8, 4) is 0 Å². The van der Waals surface area contributed by atoms with Gasteiger partial charge in [-0.1, -0.05) is 13.0 Å². The fraction of sp³-hybridized carbons (Fsp3) is 0.500. The summed E-state index contributed by atoms with van der Waals surface area (Å²) in [4.78, 5) is 11.3. The maximum atomic E-state index is 12.6. The van der Waals surface area contributed by atoms with Crippen molar-refractivity contribution < 1.29 is 18.1 Å². The Labute approximate surface area is 119 Å². The molecule has 0 fully saturated rings. The molecule has 0 aliphatic rings. The molecule has 112 valence electrons. The molecule has 0 bridgehead atoms. The van der Waals surface area contributed by atoms with Gasteiger partial charge in [-0.25, -0.2) is 0 Å². The van der Waals surface area contributed by atoms with Crippen molar-refractivity contribution in [3.05, 3.63) is 33.9 Å². The number of anilines is 1. The zero-order valence-electron chi connectivity index (χ0n) is 10.8. The molecule has 0 aliphatic heterocycles. The van der Waals surface area contributed by atoms with Gasteiger partial charge in [0.1, 0.15) is 12.2 Å². The third-order valence-electron chi connectivity index (χ3n) is 2.60. The number of nitro benzene ring substituents is 1. The van der Waals surface area contributed by atoms with Crippen LogP contribution in [0.4, 0.5) is 24.5 Å². The van der Waals surface area contributed by atoms with E-state index in [0.29, 0.717) is 12.0 Å². The topological polar surface area (TPSA) is 46.4 Å². The highest BCUT2D eigenvalue weighted by Gasteiger charge is 2.33. The number of nitrogens with zero attached hydrogens (tertiary/aromatic N) is 2. The lowest BCUT2D eigenvalue weighted by Crippen LogP contribution is -2.35. The van der Waals surface area contributed by atoms with Gasteiger partial charge in [0.05, 0.1) is 4.92 Å². The smallest absolute Gasteiger partial charge is 0.357 e. The largest absolute Gasteiger partial charge is 0.405 e. The van der Waals surface area contributed by atoms with E-state index in [1.54, 1.807) is 6.92 Å². The number of rotatable bonds is 6. The highest BCUT2D eigenvalue weighted by molar-refractivity contribution is 6.17. The Hall–Kier alpha value is -1.50. The van der Waals surface area contributed by atoms with E-state index in [2.05, 4.69) is 0 Å². The number of halogens is 4. The molecule has 0 aliphatic carbocycles. The monoisotopic (exact) mass is 310 g/mol. The van der Waals surface area contributed by atoms with Crippen molar-refractivity contribution in [1.82, 2.24) is 0 Å². The van der Waals surface area contributed by atoms with Gasteiger partial charge in [-0.15, -0.1) is 11.6 Å². The minimum absolute atomic E-state index is 0.0389. The molecular formula is C12H14ClF3N2O2. The van der Waals surface area contributed by atoms with Crippen LogP contribution in [-0.4, -0.2) is 24.2 Å². The Morgan fingerprint density at radius 3 is 2.50 bits per heavy atom. The summed E-state index contributed by atoms with van der Waals surface area (Å²) in [6.07, 6.45) is -3.97. The highest BCUT2D eigenvalue weighted by atomic mass is 35.5. The maximum absolute atomic E-state index is 12.6. The summed E-state index contributed by atoms with van der Waals surface area (Å²) in [5.74, 6) is 0.0637. The normalized spacial score (nSPS) is 11.4. The van der Waals surface area contributed by atoms with Gasteiger partial charge in [0.2, 0.25) is 0 Å². The quantitative estimate of drug-likeness (QED) is 0.451. The highest BCUT2D eigenvalue weighted by Crippen LogP contribution is 2.32. The van der Waals surface area contributed by atoms with E-state index in [-0.39, 0.29) is 23.8 Å². The summed E-state index contributed by atoms with van der Waals surface area (Å²) in [6, 6.07) is 4.02. The predicted octanol–water partition coefficient (Wildman–Crippen LogP) is 4.11. The van der Waals surface area contributed by atoms with Gasteiger partial charge in [-0.2, -0.15) is 13.2 Å². The van der Waals surface area contributed by atoms with E-state index in [4.69, 9.17) is 11.6 Å². The first-order chi connectivity index (χ1) is 9.28. The molecule has 0 saturated heterocycles. The van der Waals surface area contributed by atoms with Gasteiger partial charge < -0.3 is 4.90 Å². The third-order valence-corrected chi connectivity index (χ3v) is 2.90. The number of nitro groups is 1. The second kappa shape index (κ2) is 6.78. The van der Waals surface area contributed by atoms with Crippen molar-refractivity contribution in [2.75, 3.05) is 18.0 Å². The van der Waals surface area contributed by atoms with Gasteiger partial charge in [-0.3, -0.25) is 10.1 Å². The van der Waals surface area contributed by atoms with Crippen molar-refractivity contribution >= 4 is 23.0 Å². The number of alkyl halides is 4. The SMILES string of the molecule is CCCN(CC(F)(F)F)c1ccc(CCl)cc1[N+](=O)[O-]. The fourth-order valence-electron chi connectivity index (χ4n) is 1.84. The summed E-state index contributed by atoms with van der Waals surface area (Å²) >= 11 is 5.59.